The second-order valence-corrected chi connectivity index (χ2v) is 11.1. The van der Waals surface area contributed by atoms with Crippen LogP contribution < -0.4 is 14.2 Å². The minimum absolute atomic E-state index is 0.110. The molecule has 0 fully saturated rings. The SMILES string of the molecule is CCOc1nccc2c(C(=O)c3c(F)cc(C(C)NC(=O)OC(C)(C)C)c(OS(=O)(=O)C(F)(F)F)c3F)cccc12. The summed E-state index contributed by atoms with van der Waals surface area (Å²) in [5.74, 6) is -6.46. The average molecular weight is 605 g/mol. The molecule has 1 N–H and O–H groups in total. The Kier molecular flexibility index (Phi) is 8.81. The lowest BCUT2D eigenvalue weighted by Gasteiger charge is -2.24. The standard InChI is InChI=1S/C26H25F5N2O7S/c1-6-38-23-16-9-7-8-15(14(16)10-11-32-23)21(34)19-18(27)12-17(13(2)33-24(35)39-25(3,4)5)22(20(19)28)40-41(36,37)26(29,30)31/h7-13H,6H2,1-5H3,(H,33,35). The first-order chi connectivity index (χ1) is 18.9. The van der Waals surface area contributed by atoms with Crippen molar-refractivity contribution < 1.29 is 53.6 Å². The Morgan fingerprint density at radius 3 is 2.32 bits per heavy atom. The van der Waals surface area contributed by atoms with Gasteiger partial charge in [-0.15, -0.1) is 0 Å². The van der Waals surface area contributed by atoms with Gasteiger partial charge in [0.1, 0.15) is 11.4 Å². The summed E-state index contributed by atoms with van der Waals surface area (Å²) in [6.45, 7) is 7.47. The lowest BCUT2D eigenvalue weighted by Crippen LogP contribution is -2.35. The number of fused-ring (bicyclic) bond motifs is 1. The fourth-order valence-corrected chi connectivity index (χ4v) is 4.20. The molecule has 2 aromatic carbocycles. The highest BCUT2D eigenvalue weighted by Gasteiger charge is 2.49. The van der Waals surface area contributed by atoms with E-state index in [1.54, 1.807) is 6.92 Å². The van der Waals surface area contributed by atoms with Crippen LogP contribution in [-0.4, -0.2) is 43.0 Å². The summed E-state index contributed by atoms with van der Waals surface area (Å²) >= 11 is 0. The minimum Gasteiger partial charge on any atom is -0.478 e. The molecule has 1 heterocycles. The summed E-state index contributed by atoms with van der Waals surface area (Å²) < 4.78 is 109. The van der Waals surface area contributed by atoms with Crippen LogP contribution in [-0.2, 0) is 14.9 Å². The van der Waals surface area contributed by atoms with E-state index in [4.69, 9.17) is 9.47 Å². The molecule has 0 saturated heterocycles. The van der Waals surface area contributed by atoms with Crippen LogP contribution >= 0.6 is 0 Å². The van der Waals surface area contributed by atoms with Crippen LogP contribution in [0.15, 0.2) is 36.5 Å². The van der Waals surface area contributed by atoms with Crippen LogP contribution in [0, 0.1) is 11.6 Å². The minimum atomic E-state index is -6.50. The highest BCUT2D eigenvalue weighted by molar-refractivity contribution is 7.88. The van der Waals surface area contributed by atoms with Gasteiger partial charge in [0.15, 0.2) is 17.3 Å². The molecule has 1 aromatic heterocycles. The number of amides is 1. The molecule has 9 nitrogen and oxygen atoms in total. The Labute approximate surface area is 231 Å². The second kappa shape index (κ2) is 11.5. The molecule has 0 aliphatic rings. The van der Waals surface area contributed by atoms with E-state index in [0.717, 1.165) is 6.92 Å². The van der Waals surface area contributed by atoms with Crippen molar-refractivity contribution in [3.8, 4) is 11.6 Å². The summed E-state index contributed by atoms with van der Waals surface area (Å²) in [6, 6.07) is 4.29. The van der Waals surface area contributed by atoms with Crippen molar-refractivity contribution in [1.82, 2.24) is 10.3 Å². The molecule has 1 unspecified atom stereocenters. The van der Waals surface area contributed by atoms with E-state index in [9.17, 15) is 31.2 Å². The van der Waals surface area contributed by atoms with Crippen LogP contribution in [0.4, 0.5) is 26.7 Å². The lowest BCUT2D eigenvalue weighted by molar-refractivity contribution is -0.0501. The third kappa shape index (κ3) is 6.84. The third-order valence-electron chi connectivity index (χ3n) is 5.40. The van der Waals surface area contributed by atoms with E-state index in [0.29, 0.717) is 11.5 Å². The molecule has 1 atom stereocenters. The molecule has 0 spiro atoms. The van der Waals surface area contributed by atoms with Gasteiger partial charge < -0.3 is 19.0 Å². The predicted molar refractivity (Wildman–Crippen MR) is 136 cm³/mol. The number of pyridine rings is 1. The highest BCUT2D eigenvalue weighted by atomic mass is 32.2. The number of carbonyl (C=O) groups excluding carboxylic acids is 2. The van der Waals surface area contributed by atoms with Gasteiger partial charge in [-0.3, -0.25) is 4.79 Å². The first-order valence-electron chi connectivity index (χ1n) is 11.9. The van der Waals surface area contributed by atoms with Crippen molar-refractivity contribution in [3.63, 3.8) is 0 Å². The predicted octanol–water partition coefficient (Wildman–Crippen LogP) is 5.96. The topological polar surface area (TPSA) is 121 Å². The molecular weight excluding hydrogens is 579 g/mol. The van der Waals surface area contributed by atoms with Crippen LogP contribution in [0.3, 0.4) is 0 Å². The van der Waals surface area contributed by atoms with Crippen LogP contribution in [0.5, 0.6) is 11.6 Å². The van der Waals surface area contributed by atoms with Crippen LogP contribution in [0.2, 0.25) is 0 Å². The number of nitrogens with zero attached hydrogens (tertiary/aromatic N) is 1. The molecule has 0 bridgehead atoms. The maximum absolute atomic E-state index is 15.8. The number of alkyl halides is 3. The van der Waals surface area contributed by atoms with Gasteiger partial charge in [-0.1, -0.05) is 12.1 Å². The first kappa shape index (κ1) is 31.5. The number of ketones is 1. The Hall–Kier alpha value is -4.01. The Bertz CT molecular complexity index is 1600. The number of halogens is 5. The molecule has 0 aliphatic heterocycles. The van der Waals surface area contributed by atoms with Crippen LogP contribution in [0.25, 0.3) is 10.8 Å². The van der Waals surface area contributed by atoms with Gasteiger partial charge >= 0.3 is 21.7 Å². The van der Waals surface area contributed by atoms with Crippen molar-refractivity contribution in [3.05, 3.63) is 64.9 Å². The van der Waals surface area contributed by atoms with Gasteiger partial charge in [0.25, 0.3) is 0 Å². The van der Waals surface area contributed by atoms with Gasteiger partial charge in [0.05, 0.1) is 18.2 Å². The summed E-state index contributed by atoms with van der Waals surface area (Å²) in [6.07, 6.45) is 0.138. The van der Waals surface area contributed by atoms with E-state index in [2.05, 4.69) is 14.5 Å². The molecule has 0 aliphatic carbocycles. The van der Waals surface area contributed by atoms with Gasteiger partial charge in [0, 0.05) is 22.7 Å². The summed E-state index contributed by atoms with van der Waals surface area (Å²) in [5, 5.41) is 2.58. The van der Waals surface area contributed by atoms with Gasteiger partial charge in [-0.25, -0.2) is 18.6 Å². The highest BCUT2D eigenvalue weighted by Crippen LogP contribution is 2.38. The number of carbonyl (C=O) groups is 2. The number of aromatic nitrogens is 1. The molecule has 222 valence electrons. The summed E-state index contributed by atoms with van der Waals surface area (Å²) in [7, 11) is -6.50. The monoisotopic (exact) mass is 604 g/mol. The van der Waals surface area contributed by atoms with E-state index in [1.165, 1.54) is 51.2 Å². The van der Waals surface area contributed by atoms with Gasteiger partial charge in [-0.05, 0) is 58.2 Å². The Morgan fingerprint density at radius 1 is 1.07 bits per heavy atom. The first-order valence-corrected chi connectivity index (χ1v) is 13.4. The van der Waals surface area contributed by atoms with Gasteiger partial charge in [0.2, 0.25) is 5.88 Å². The molecule has 0 saturated carbocycles. The summed E-state index contributed by atoms with van der Waals surface area (Å²) in [5.41, 5.74) is -9.56. The number of nitrogens with one attached hydrogen (secondary N) is 1. The zero-order valence-electron chi connectivity index (χ0n) is 22.4. The maximum Gasteiger partial charge on any atom is 0.534 e. The number of hydrogen-bond acceptors (Lipinski definition) is 8. The third-order valence-corrected chi connectivity index (χ3v) is 6.35. The van der Waals surface area contributed by atoms with Crippen molar-refractivity contribution in [2.24, 2.45) is 0 Å². The zero-order chi connectivity index (χ0) is 30.9. The average Bonchev–Trinajstić information content (AvgIpc) is 2.83. The largest absolute Gasteiger partial charge is 0.534 e. The number of alkyl carbamates (subject to hydrolysis) is 1. The number of benzene rings is 2. The van der Waals surface area contributed by atoms with Crippen molar-refractivity contribution in [2.75, 3.05) is 6.61 Å². The number of hydrogen-bond donors (Lipinski definition) is 1. The van der Waals surface area contributed by atoms with E-state index >= 15 is 8.78 Å². The lowest BCUT2D eigenvalue weighted by atomic mass is 9.95. The molecule has 1 amide bonds. The molecule has 3 aromatic rings. The second-order valence-electron chi connectivity index (χ2n) is 9.60. The fraction of sp³-hybridized carbons (Fsp3) is 0.346. The van der Waals surface area contributed by atoms with E-state index in [1.807, 2.05) is 0 Å². The Balaban J connectivity index is 2.22. The normalized spacial score (nSPS) is 13.0. The van der Waals surface area contributed by atoms with E-state index < -0.39 is 67.7 Å². The molecule has 15 heteroatoms. The van der Waals surface area contributed by atoms with Crippen molar-refractivity contribution in [1.29, 1.82) is 0 Å². The van der Waals surface area contributed by atoms with Crippen molar-refractivity contribution in [2.45, 2.75) is 51.8 Å². The summed E-state index contributed by atoms with van der Waals surface area (Å²) in [4.78, 5) is 29.7. The van der Waals surface area contributed by atoms with Crippen molar-refractivity contribution >= 4 is 32.8 Å². The molecule has 3 rings (SSSR count). The quantitative estimate of drug-likeness (QED) is 0.145. The number of ether oxygens (including phenoxy) is 2. The molecule has 0 radical (unpaired) electrons. The molecule has 41 heavy (non-hydrogen) atoms. The zero-order valence-corrected chi connectivity index (χ0v) is 23.2. The smallest absolute Gasteiger partial charge is 0.478 e. The Morgan fingerprint density at radius 2 is 1.73 bits per heavy atom. The van der Waals surface area contributed by atoms with Gasteiger partial charge in [-0.2, -0.15) is 21.6 Å². The number of rotatable bonds is 8. The van der Waals surface area contributed by atoms with E-state index in [-0.39, 0.29) is 23.4 Å². The van der Waals surface area contributed by atoms with Crippen LogP contribution in [0.1, 0.15) is 62.1 Å². The maximum atomic E-state index is 15.8. The molecular formula is C26H25F5N2O7S. The fourth-order valence-electron chi connectivity index (χ4n) is 3.72.